The lowest BCUT2D eigenvalue weighted by Gasteiger charge is -2.37. The highest BCUT2D eigenvalue weighted by Crippen LogP contribution is 2.22. The molecule has 7 heteroatoms. The number of amides is 1. The van der Waals surface area contributed by atoms with Crippen molar-refractivity contribution in [3.63, 3.8) is 0 Å². The fourth-order valence-corrected chi connectivity index (χ4v) is 5.02. The summed E-state index contributed by atoms with van der Waals surface area (Å²) in [4.78, 5) is 28.4. The number of benzene rings is 2. The summed E-state index contributed by atoms with van der Waals surface area (Å²) in [5.74, 6) is 0.364. The summed E-state index contributed by atoms with van der Waals surface area (Å²) in [5.41, 5.74) is 1.56. The van der Waals surface area contributed by atoms with Gasteiger partial charge < -0.3 is 19.4 Å². The standard InChI is InChI=1S/C25H29N3O4/c29-24(26-15-23(18-9-12-32-17-18)27-10-13-31-14-11-27)16-28-21-7-3-1-5-19(21)25(30)20-6-2-4-8-22(20)28/h1-8,18,23H,9-17H2,(H,26,29). The molecule has 0 spiro atoms. The number of carbonyl (C=O) groups excluding carboxylic acids is 1. The number of nitrogens with one attached hydrogen (secondary N) is 1. The van der Waals surface area contributed by atoms with Crippen LogP contribution < -0.4 is 10.7 Å². The van der Waals surface area contributed by atoms with Crippen molar-refractivity contribution in [3.8, 4) is 0 Å². The van der Waals surface area contributed by atoms with Crippen LogP contribution in [0.4, 0.5) is 0 Å². The fraction of sp³-hybridized carbons (Fsp3) is 0.440. The van der Waals surface area contributed by atoms with Crippen molar-refractivity contribution in [2.45, 2.75) is 19.0 Å². The first kappa shape index (κ1) is 21.1. The number of rotatable bonds is 6. The van der Waals surface area contributed by atoms with E-state index in [1.807, 2.05) is 53.1 Å². The number of fused-ring (bicyclic) bond motifs is 2. The Kier molecular flexibility index (Phi) is 6.21. The van der Waals surface area contributed by atoms with E-state index < -0.39 is 0 Å². The maximum absolute atomic E-state index is 13.1. The Balaban J connectivity index is 1.38. The predicted octanol–water partition coefficient (Wildman–Crippen LogP) is 2.01. The van der Waals surface area contributed by atoms with Crippen LogP contribution in [0, 0.1) is 5.92 Å². The summed E-state index contributed by atoms with van der Waals surface area (Å²) in [7, 11) is 0. The summed E-state index contributed by atoms with van der Waals surface area (Å²) in [6.45, 7) is 5.50. The first-order chi connectivity index (χ1) is 15.7. The van der Waals surface area contributed by atoms with Crippen LogP contribution in [0.15, 0.2) is 53.3 Å². The molecular weight excluding hydrogens is 406 g/mol. The normalized spacial score (nSPS) is 20.6. The highest BCUT2D eigenvalue weighted by atomic mass is 16.5. The molecule has 2 saturated heterocycles. The first-order valence-corrected chi connectivity index (χ1v) is 11.4. The second-order valence-corrected chi connectivity index (χ2v) is 8.59. The van der Waals surface area contributed by atoms with Crippen molar-refractivity contribution in [1.82, 2.24) is 14.8 Å². The van der Waals surface area contributed by atoms with E-state index in [0.29, 0.717) is 23.2 Å². The number of pyridine rings is 1. The number of ether oxygens (including phenoxy) is 2. The zero-order valence-corrected chi connectivity index (χ0v) is 18.2. The monoisotopic (exact) mass is 435 g/mol. The number of morpholine rings is 1. The van der Waals surface area contributed by atoms with E-state index in [2.05, 4.69) is 10.2 Å². The molecule has 168 valence electrons. The van der Waals surface area contributed by atoms with Gasteiger partial charge in [-0.05, 0) is 30.7 Å². The predicted molar refractivity (Wildman–Crippen MR) is 124 cm³/mol. The van der Waals surface area contributed by atoms with Gasteiger partial charge in [0.25, 0.3) is 0 Å². The van der Waals surface area contributed by atoms with E-state index in [1.165, 1.54) is 0 Å². The Morgan fingerprint density at radius 1 is 0.969 bits per heavy atom. The van der Waals surface area contributed by atoms with Crippen LogP contribution in [0.1, 0.15) is 6.42 Å². The van der Waals surface area contributed by atoms with Gasteiger partial charge in [0, 0.05) is 49.0 Å². The highest BCUT2D eigenvalue weighted by molar-refractivity contribution is 5.94. The molecule has 5 rings (SSSR count). The van der Waals surface area contributed by atoms with E-state index in [1.54, 1.807) is 0 Å². The lowest BCUT2D eigenvalue weighted by atomic mass is 9.97. The maximum Gasteiger partial charge on any atom is 0.240 e. The van der Waals surface area contributed by atoms with Gasteiger partial charge in [-0.2, -0.15) is 0 Å². The number of hydrogen-bond acceptors (Lipinski definition) is 5. The van der Waals surface area contributed by atoms with Crippen molar-refractivity contribution >= 4 is 27.7 Å². The van der Waals surface area contributed by atoms with Gasteiger partial charge in [0.05, 0.1) is 30.9 Å². The summed E-state index contributed by atoms with van der Waals surface area (Å²) >= 11 is 0. The smallest absolute Gasteiger partial charge is 0.240 e. The first-order valence-electron chi connectivity index (χ1n) is 11.4. The number of nitrogens with zero attached hydrogens (tertiary/aromatic N) is 2. The third-order valence-electron chi connectivity index (χ3n) is 6.71. The molecular formula is C25H29N3O4. The summed E-state index contributed by atoms with van der Waals surface area (Å²) < 4.78 is 13.1. The van der Waals surface area contributed by atoms with Gasteiger partial charge in [0.15, 0.2) is 5.43 Å². The van der Waals surface area contributed by atoms with Gasteiger partial charge in [-0.15, -0.1) is 0 Å². The van der Waals surface area contributed by atoms with Crippen LogP contribution in [0.25, 0.3) is 21.8 Å². The molecule has 0 radical (unpaired) electrons. The minimum Gasteiger partial charge on any atom is -0.381 e. The zero-order chi connectivity index (χ0) is 21.9. The highest BCUT2D eigenvalue weighted by Gasteiger charge is 2.31. The topological polar surface area (TPSA) is 72.8 Å². The molecule has 1 amide bonds. The van der Waals surface area contributed by atoms with E-state index in [0.717, 1.165) is 57.0 Å². The van der Waals surface area contributed by atoms with Crippen LogP contribution in [-0.4, -0.2) is 67.5 Å². The van der Waals surface area contributed by atoms with Crippen LogP contribution >= 0.6 is 0 Å². The summed E-state index contributed by atoms with van der Waals surface area (Å²) in [6.07, 6.45) is 1.02. The van der Waals surface area contributed by atoms with Crippen LogP contribution in [0.3, 0.4) is 0 Å². The molecule has 0 saturated carbocycles. The summed E-state index contributed by atoms with van der Waals surface area (Å²) in [5, 5.41) is 4.44. The van der Waals surface area contributed by atoms with Crippen LogP contribution in [-0.2, 0) is 20.8 Å². The average Bonchev–Trinajstić information content (AvgIpc) is 3.37. The van der Waals surface area contributed by atoms with Gasteiger partial charge in [-0.1, -0.05) is 24.3 Å². The number of para-hydroxylation sites is 2. The SMILES string of the molecule is O=C(Cn1c2ccccc2c(=O)c2ccccc21)NCC(C1CCOC1)N1CCOCC1. The zero-order valence-electron chi connectivity index (χ0n) is 18.2. The molecule has 3 heterocycles. The van der Waals surface area contributed by atoms with E-state index in [9.17, 15) is 9.59 Å². The molecule has 3 aromatic rings. The lowest BCUT2D eigenvalue weighted by Crippen LogP contribution is -2.52. The van der Waals surface area contributed by atoms with Crippen molar-refractivity contribution in [2.24, 2.45) is 5.92 Å². The molecule has 1 N–H and O–H groups in total. The van der Waals surface area contributed by atoms with Gasteiger partial charge >= 0.3 is 0 Å². The minimum atomic E-state index is -0.0545. The molecule has 2 atom stereocenters. The maximum atomic E-state index is 13.1. The molecule has 2 aliphatic rings. The van der Waals surface area contributed by atoms with E-state index in [-0.39, 0.29) is 23.9 Å². The Morgan fingerprint density at radius 2 is 1.62 bits per heavy atom. The van der Waals surface area contributed by atoms with Gasteiger partial charge in [-0.3, -0.25) is 14.5 Å². The third-order valence-corrected chi connectivity index (χ3v) is 6.71. The van der Waals surface area contributed by atoms with Gasteiger partial charge in [-0.25, -0.2) is 0 Å². The molecule has 2 unspecified atom stereocenters. The molecule has 2 fully saturated rings. The van der Waals surface area contributed by atoms with Crippen molar-refractivity contribution in [2.75, 3.05) is 46.1 Å². The number of hydrogen-bond donors (Lipinski definition) is 1. The van der Waals surface area contributed by atoms with Crippen molar-refractivity contribution in [3.05, 3.63) is 58.8 Å². The van der Waals surface area contributed by atoms with Gasteiger partial charge in [0.1, 0.15) is 6.54 Å². The Hall–Kier alpha value is -2.74. The van der Waals surface area contributed by atoms with Crippen LogP contribution in [0.2, 0.25) is 0 Å². The van der Waals surface area contributed by atoms with E-state index >= 15 is 0 Å². The molecule has 7 nitrogen and oxygen atoms in total. The largest absolute Gasteiger partial charge is 0.381 e. The fourth-order valence-electron chi connectivity index (χ4n) is 5.02. The molecule has 1 aromatic heterocycles. The molecule has 0 bridgehead atoms. The number of carbonyl (C=O) groups is 1. The Bertz CT molecular complexity index is 1100. The quantitative estimate of drug-likeness (QED) is 0.600. The van der Waals surface area contributed by atoms with Crippen LogP contribution in [0.5, 0.6) is 0 Å². The average molecular weight is 436 g/mol. The minimum absolute atomic E-state index is 0.00136. The second-order valence-electron chi connectivity index (χ2n) is 8.59. The summed E-state index contributed by atoms with van der Waals surface area (Å²) in [6, 6.07) is 15.2. The van der Waals surface area contributed by atoms with E-state index in [4.69, 9.17) is 9.47 Å². The van der Waals surface area contributed by atoms with Gasteiger partial charge in [0.2, 0.25) is 5.91 Å². The van der Waals surface area contributed by atoms with Crippen molar-refractivity contribution in [1.29, 1.82) is 0 Å². The Labute approximate surface area is 186 Å². The lowest BCUT2D eigenvalue weighted by molar-refractivity contribution is -0.122. The molecule has 2 aliphatic heterocycles. The number of aromatic nitrogens is 1. The second kappa shape index (κ2) is 9.40. The third kappa shape index (κ3) is 4.16. The Morgan fingerprint density at radius 3 is 2.25 bits per heavy atom. The van der Waals surface area contributed by atoms with Crippen molar-refractivity contribution < 1.29 is 14.3 Å². The molecule has 0 aliphatic carbocycles. The molecule has 2 aromatic carbocycles. The molecule has 32 heavy (non-hydrogen) atoms.